The smallest absolute Gasteiger partial charge is 0.269 e. The second-order valence-electron chi connectivity index (χ2n) is 6.96. The van der Waals surface area contributed by atoms with E-state index in [1.54, 1.807) is 12.3 Å². The first-order chi connectivity index (χ1) is 13.6. The van der Waals surface area contributed by atoms with Gasteiger partial charge >= 0.3 is 0 Å². The minimum absolute atomic E-state index is 0.165. The summed E-state index contributed by atoms with van der Waals surface area (Å²) in [5.74, 6) is 1.03. The number of carbonyl (C=O) groups is 1. The van der Waals surface area contributed by atoms with Gasteiger partial charge in [0.1, 0.15) is 18.1 Å². The molecule has 0 fully saturated rings. The number of anilines is 2. The van der Waals surface area contributed by atoms with E-state index in [2.05, 4.69) is 29.5 Å². The lowest BCUT2D eigenvalue weighted by atomic mass is 10.2. The van der Waals surface area contributed by atoms with Crippen molar-refractivity contribution in [2.75, 3.05) is 11.9 Å². The maximum absolute atomic E-state index is 12.2. The first kappa shape index (κ1) is 19.4. The minimum Gasteiger partial charge on any atom is -0.489 e. The average molecular weight is 375 g/mol. The highest BCUT2D eigenvalue weighted by molar-refractivity contribution is 5.93. The van der Waals surface area contributed by atoms with Gasteiger partial charge in [-0.05, 0) is 47.9 Å². The molecule has 0 saturated heterocycles. The van der Waals surface area contributed by atoms with Crippen molar-refractivity contribution in [3.05, 3.63) is 84.2 Å². The number of hydrogen-bond donors (Lipinski definition) is 2. The average Bonchev–Trinajstić information content (AvgIpc) is 2.72. The van der Waals surface area contributed by atoms with Gasteiger partial charge < -0.3 is 15.4 Å². The Balaban J connectivity index is 1.58. The molecule has 1 aromatic heterocycles. The van der Waals surface area contributed by atoms with Gasteiger partial charge in [-0.15, -0.1) is 0 Å². The van der Waals surface area contributed by atoms with Gasteiger partial charge in [-0.3, -0.25) is 9.78 Å². The number of nitrogens with one attached hydrogen (secondary N) is 2. The van der Waals surface area contributed by atoms with Gasteiger partial charge in [0.2, 0.25) is 0 Å². The van der Waals surface area contributed by atoms with Crippen LogP contribution >= 0.6 is 0 Å². The maximum Gasteiger partial charge on any atom is 0.269 e. The number of nitrogens with zero attached hydrogens (tertiary/aromatic N) is 1. The van der Waals surface area contributed by atoms with E-state index in [0.717, 1.165) is 22.7 Å². The van der Waals surface area contributed by atoms with E-state index in [1.807, 2.05) is 60.7 Å². The second kappa shape index (κ2) is 9.55. The topological polar surface area (TPSA) is 63.2 Å². The lowest BCUT2D eigenvalue weighted by Crippen LogP contribution is -2.28. The van der Waals surface area contributed by atoms with E-state index in [0.29, 0.717) is 24.8 Å². The monoisotopic (exact) mass is 375 g/mol. The zero-order valence-electron chi connectivity index (χ0n) is 16.2. The lowest BCUT2D eigenvalue weighted by Gasteiger charge is -2.11. The Morgan fingerprint density at radius 2 is 1.75 bits per heavy atom. The predicted molar refractivity (Wildman–Crippen MR) is 112 cm³/mol. The number of benzene rings is 2. The Morgan fingerprint density at radius 1 is 1.00 bits per heavy atom. The molecule has 0 radical (unpaired) electrons. The quantitative estimate of drug-likeness (QED) is 0.594. The van der Waals surface area contributed by atoms with E-state index in [9.17, 15) is 4.79 Å². The van der Waals surface area contributed by atoms with Crippen molar-refractivity contribution in [2.24, 2.45) is 5.92 Å². The molecule has 144 valence electrons. The Hall–Kier alpha value is -3.34. The van der Waals surface area contributed by atoms with Gasteiger partial charge in [-0.25, -0.2) is 0 Å². The molecule has 0 spiro atoms. The molecule has 0 aliphatic rings. The number of rotatable bonds is 8. The van der Waals surface area contributed by atoms with Crippen molar-refractivity contribution in [3.63, 3.8) is 0 Å². The first-order valence-electron chi connectivity index (χ1n) is 9.38. The summed E-state index contributed by atoms with van der Waals surface area (Å²) in [6.45, 7) is 5.27. The van der Waals surface area contributed by atoms with Crippen LogP contribution in [0.15, 0.2) is 72.9 Å². The van der Waals surface area contributed by atoms with Crippen LogP contribution in [0, 0.1) is 5.92 Å². The number of amides is 1. The fraction of sp³-hybridized carbons (Fsp3) is 0.217. The molecule has 0 bridgehead atoms. The fourth-order valence-electron chi connectivity index (χ4n) is 2.56. The van der Waals surface area contributed by atoms with E-state index in [1.165, 1.54) is 0 Å². The van der Waals surface area contributed by atoms with Crippen LogP contribution in [0.2, 0.25) is 0 Å². The standard InChI is InChI=1S/C23H25N3O2/c1-17(2)15-25-23(27)22-14-20(12-13-24-22)26-19-8-10-21(11-9-19)28-16-18-6-4-3-5-7-18/h3-14,17H,15-16H2,1-2H3,(H,24,26)(H,25,27). The Labute approximate surface area is 165 Å². The highest BCUT2D eigenvalue weighted by atomic mass is 16.5. The van der Waals surface area contributed by atoms with Crippen molar-refractivity contribution in [3.8, 4) is 5.75 Å². The number of hydrogen-bond acceptors (Lipinski definition) is 4. The molecule has 0 aliphatic heterocycles. The van der Waals surface area contributed by atoms with Crippen molar-refractivity contribution in [1.82, 2.24) is 10.3 Å². The van der Waals surface area contributed by atoms with Gasteiger partial charge in [-0.1, -0.05) is 44.2 Å². The summed E-state index contributed by atoms with van der Waals surface area (Å²) in [7, 11) is 0. The number of carbonyl (C=O) groups excluding carboxylic acids is 1. The van der Waals surface area contributed by atoms with Crippen LogP contribution in [0.25, 0.3) is 0 Å². The van der Waals surface area contributed by atoms with Gasteiger partial charge in [0.25, 0.3) is 5.91 Å². The first-order valence-corrected chi connectivity index (χ1v) is 9.38. The molecule has 0 unspecified atom stereocenters. The normalized spacial score (nSPS) is 10.5. The van der Waals surface area contributed by atoms with E-state index in [-0.39, 0.29) is 5.91 Å². The molecule has 0 aliphatic carbocycles. The van der Waals surface area contributed by atoms with Crippen LogP contribution in [0.1, 0.15) is 29.9 Å². The number of pyridine rings is 1. The number of aromatic nitrogens is 1. The maximum atomic E-state index is 12.2. The summed E-state index contributed by atoms with van der Waals surface area (Å²) in [5.41, 5.74) is 3.24. The summed E-state index contributed by atoms with van der Waals surface area (Å²) < 4.78 is 5.80. The number of ether oxygens (including phenoxy) is 1. The van der Waals surface area contributed by atoms with Crippen molar-refractivity contribution in [1.29, 1.82) is 0 Å². The lowest BCUT2D eigenvalue weighted by molar-refractivity contribution is 0.0944. The molecular weight excluding hydrogens is 350 g/mol. The van der Waals surface area contributed by atoms with Crippen molar-refractivity contribution in [2.45, 2.75) is 20.5 Å². The van der Waals surface area contributed by atoms with Gasteiger partial charge in [0.05, 0.1) is 0 Å². The summed E-state index contributed by atoms with van der Waals surface area (Å²) in [5, 5.41) is 6.17. The van der Waals surface area contributed by atoms with Gasteiger partial charge in [0.15, 0.2) is 0 Å². The minimum atomic E-state index is -0.165. The van der Waals surface area contributed by atoms with Gasteiger partial charge in [0, 0.05) is 24.1 Å². The van der Waals surface area contributed by atoms with E-state index in [4.69, 9.17) is 4.74 Å². The SMILES string of the molecule is CC(C)CNC(=O)c1cc(Nc2ccc(OCc3ccccc3)cc2)ccn1. The highest BCUT2D eigenvalue weighted by Crippen LogP contribution is 2.21. The summed E-state index contributed by atoms with van der Waals surface area (Å²) in [6, 6.07) is 21.4. The highest BCUT2D eigenvalue weighted by Gasteiger charge is 2.08. The summed E-state index contributed by atoms with van der Waals surface area (Å²) >= 11 is 0. The molecule has 2 N–H and O–H groups in total. The molecule has 3 rings (SSSR count). The van der Waals surface area contributed by atoms with Crippen LogP contribution < -0.4 is 15.4 Å². The zero-order chi connectivity index (χ0) is 19.8. The Kier molecular flexibility index (Phi) is 6.63. The van der Waals surface area contributed by atoms with Crippen LogP contribution in [-0.4, -0.2) is 17.4 Å². The molecule has 5 nitrogen and oxygen atoms in total. The summed E-state index contributed by atoms with van der Waals surface area (Å²) in [6.07, 6.45) is 1.63. The van der Waals surface area contributed by atoms with Crippen LogP contribution in [0.4, 0.5) is 11.4 Å². The molecule has 3 aromatic rings. The summed E-state index contributed by atoms with van der Waals surface area (Å²) in [4.78, 5) is 16.3. The molecule has 1 heterocycles. The fourth-order valence-corrected chi connectivity index (χ4v) is 2.56. The molecule has 2 aromatic carbocycles. The van der Waals surface area contributed by atoms with E-state index >= 15 is 0 Å². The molecule has 0 atom stereocenters. The van der Waals surface area contributed by atoms with Crippen LogP contribution in [-0.2, 0) is 6.61 Å². The predicted octanol–water partition coefficient (Wildman–Crippen LogP) is 4.79. The largest absolute Gasteiger partial charge is 0.489 e. The molecule has 0 saturated carbocycles. The third-order valence-corrected chi connectivity index (χ3v) is 4.05. The van der Waals surface area contributed by atoms with Crippen LogP contribution in [0.5, 0.6) is 5.75 Å². The van der Waals surface area contributed by atoms with Crippen LogP contribution in [0.3, 0.4) is 0 Å². The molecule has 5 heteroatoms. The molecule has 1 amide bonds. The Bertz CT molecular complexity index is 893. The molecule has 28 heavy (non-hydrogen) atoms. The zero-order valence-corrected chi connectivity index (χ0v) is 16.2. The van der Waals surface area contributed by atoms with Crippen molar-refractivity contribution < 1.29 is 9.53 Å². The van der Waals surface area contributed by atoms with Crippen molar-refractivity contribution >= 4 is 17.3 Å². The Morgan fingerprint density at radius 3 is 2.46 bits per heavy atom. The van der Waals surface area contributed by atoms with Gasteiger partial charge in [-0.2, -0.15) is 0 Å². The molecular formula is C23H25N3O2. The third kappa shape index (κ3) is 5.84. The third-order valence-electron chi connectivity index (χ3n) is 4.05. The van der Waals surface area contributed by atoms with E-state index < -0.39 is 0 Å². The second-order valence-corrected chi connectivity index (χ2v) is 6.96.